The number of benzene rings is 1. The molecule has 2 N–H and O–H groups in total. The second-order valence-corrected chi connectivity index (χ2v) is 7.35. The van der Waals surface area contributed by atoms with Crippen molar-refractivity contribution in [3.8, 4) is 0 Å². The van der Waals surface area contributed by atoms with Crippen molar-refractivity contribution in [2.75, 3.05) is 6.54 Å². The summed E-state index contributed by atoms with van der Waals surface area (Å²) in [4.78, 5) is 34.4. The Morgan fingerprint density at radius 3 is 2.63 bits per heavy atom. The van der Waals surface area contributed by atoms with Crippen LogP contribution in [-0.2, 0) is 16.1 Å². The third-order valence-electron chi connectivity index (χ3n) is 5.29. The summed E-state index contributed by atoms with van der Waals surface area (Å²) in [5.41, 5.74) is 2.42. The van der Waals surface area contributed by atoms with Gasteiger partial charge in [-0.25, -0.2) is 9.97 Å². The van der Waals surface area contributed by atoms with E-state index < -0.39 is 17.7 Å². The molecule has 30 heavy (non-hydrogen) atoms. The van der Waals surface area contributed by atoms with Crippen LogP contribution in [0, 0.1) is 6.92 Å². The number of hydrogen-bond acceptors (Lipinski definition) is 4. The molecule has 4 rings (SSSR count). The zero-order chi connectivity index (χ0) is 21.1. The molecule has 1 amide bonds. The predicted octanol–water partition coefficient (Wildman–Crippen LogP) is 2.52. The Morgan fingerprint density at radius 1 is 1.17 bits per heavy atom. The third-order valence-corrected chi connectivity index (χ3v) is 5.29. The summed E-state index contributed by atoms with van der Waals surface area (Å²) in [6.07, 6.45) is 9.44. The number of nitrogens with zero attached hydrogens (tertiary/aromatic N) is 3. The van der Waals surface area contributed by atoms with Gasteiger partial charge in [0.25, 0.3) is 11.7 Å². The van der Waals surface area contributed by atoms with Crippen molar-refractivity contribution in [2.45, 2.75) is 25.9 Å². The molecule has 7 heteroatoms. The van der Waals surface area contributed by atoms with Crippen LogP contribution < -0.4 is 4.98 Å². The number of nitrogens with one attached hydrogen (secondary N) is 1. The molecule has 1 saturated heterocycles. The number of Topliss-reactive ketones (excluding diaryl/α,β-unsaturated/α-hetero) is 1. The number of ketones is 1. The molecule has 1 aromatic carbocycles. The van der Waals surface area contributed by atoms with Crippen molar-refractivity contribution in [3.05, 3.63) is 89.8 Å². The molecule has 1 aliphatic heterocycles. The standard InChI is InChI=1S/C23H22N4O3/c1-16-5-7-17(8-6-16)21(28)19-20(18-4-2-9-24-14-18)27(23(30)22(19)29)12-3-11-26-13-10-25-15-26/h2,4-10,13-15,20,28H,3,11-12H2,1H3/p+1. The van der Waals surface area contributed by atoms with Crippen LogP contribution in [0.1, 0.15) is 29.2 Å². The molecule has 1 aliphatic rings. The number of pyridine rings is 1. The lowest BCUT2D eigenvalue weighted by Crippen LogP contribution is -2.31. The molecule has 0 saturated carbocycles. The van der Waals surface area contributed by atoms with Crippen LogP contribution in [0.15, 0.2) is 73.1 Å². The quantitative estimate of drug-likeness (QED) is 0.389. The summed E-state index contributed by atoms with van der Waals surface area (Å²) in [5, 5.41) is 11.0. The topological polar surface area (TPSA) is 89.6 Å². The Bertz CT molecular complexity index is 1070. The summed E-state index contributed by atoms with van der Waals surface area (Å²) >= 11 is 0. The largest absolute Gasteiger partial charge is 0.507 e. The van der Waals surface area contributed by atoms with Gasteiger partial charge >= 0.3 is 0 Å². The van der Waals surface area contributed by atoms with E-state index in [1.165, 1.54) is 0 Å². The summed E-state index contributed by atoms with van der Waals surface area (Å²) in [6, 6.07) is 10.2. The summed E-state index contributed by atoms with van der Waals surface area (Å²) < 4.78 is 1.92. The minimum absolute atomic E-state index is 0.117. The fraction of sp³-hybridized carbons (Fsp3) is 0.217. The second-order valence-electron chi connectivity index (χ2n) is 7.35. The van der Waals surface area contributed by atoms with E-state index in [0.717, 1.165) is 11.1 Å². The van der Waals surface area contributed by atoms with Gasteiger partial charge in [0.05, 0.1) is 17.9 Å². The highest BCUT2D eigenvalue weighted by molar-refractivity contribution is 6.46. The van der Waals surface area contributed by atoms with Gasteiger partial charge < -0.3 is 14.6 Å². The second kappa shape index (κ2) is 8.32. The number of H-pyrrole nitrogens is 1. The molecule has 7 nitrogen and oxygen atoms in total. The molecular formula is C23H23N4O3+. The summed E-state index contributed by atoms with van der Waals surface area (Å²) in [7, 11) is 0. The number of carbonyl (C=O) groups excluding carboxylic acids is 2. The highest BCUT2D eigenvalue weighted by atomic mass is 16.3. The number of imidazole rings is 1. The van der Waals surface area contributed by atoms with Gasteiger partial charge in [-0.15, -0.1) is 0 Å². The molecule has 2 aromatic heterocycles. The minimum atomic E-state index is -0.662. The summed E-state index contributed by atoms with van der Waals surface area (Å²) in [5.74, 6) is -1.41. The van der Waals surface area contributed by atoms with Gasteiger partial charge in [0, 0.05) is 42.7 Å². The van der Waals surface area contributed by atoms with E-state index in [0.29, 0.717) is 25.1 Å². The van der Waals surface area contributed by atoms with Crippen LogP contribution in [0.4, 0.5) is 0 Å². The van der Waals surface area contributed by atoms with Gasteiger partial charge in [0.1, 0.15) is 5.76 Å². The average molecular weight is 403 g/mol. The highest BCUT2D eigenvalue weighted by Gasteiger charge is 2.46. The van der Waals surface area contributed by atoms with E-state index in [2.05, 4.69) is 9.97 Å². The number of aryl methyl sites for hydroxylation is 2. The van der Waals surface area contributed by atoms with Crippen LogP contribution in [-0.4, -0.2) is 37.8 Å². The molecule has 1 unspecified atom stereocenters. The van der Waals surface area contributed by atoms with Crippen LogP contribution in [0.5, 0.6) is 0 Å². The van der Waals surface area contributed by atoms with Crippen molar-refractivity contribution in [1.29, 1.82) is 0 Å². The average Bonchev–Trinajstić information content (AvgIpc) is 3.37. The fourth-order valence-electron chi connectivity index (χ4n) is 3.74. The smallest absolute Gasteiger partial charge is 0.295 e. The lowest BCUT2D eigenvalue weighted by molar-refractivity contribution is -0.379. The van der Waals surface area contributed by atoms with Crippen LogP contribution in [0.25, 0.3) is 5.76 Å². The number of aromatic nitrogens is 3. The molecule has 0 aliphatic carbocycles. The number of likely N-dealkylation sites (tertiary alicyclic amines) is 1. The van der Waals surface area contributed by atoms with E-state index in [1.807, 2.05) is 42.0 Å². The number of rotatable bonds is 6. The maximum Gasteiger partial charge on any atom is 0.295 e. The van der Waals surface area contributed by atoms with Gasteiger partial charge in [0.2, 0.25) is 0 Å². The first-order valence-corrected chi connectivity index (χ1v) is 9.83. The minimum Gasteiger partial charge on any atom is -0.507 e. The molecule has 152 valence electrons. The molecule has 0 spiro atoms. The number of amides is 1. The van der Waals surface area contributed by atoms with E-state index in [4.69, 9.17) is 0 Å². The molecule has 0 radical (unpaired) electrons. The lowest BCUT2D eigenvalue weighted by Gasteiger charge is -2.24. The Balaban J connectivity index is 1.71. The van der Waals surface area contributed by atoms with Gasteiger partial charge in [-0.05, 0) is 19.4 Å². The first-order valence-electron chi connectivity index (χ1n) is 9.83. The van der Waals surface area contributed by atoms with Gasteiger partial charge in [-0.1, -0.05) is 29.8 Å². The molecule has 0 bridgehead atoms. The maximum absolute atomic E-state index is 12.9. The zero-order valence-corrected chi connectivity index (χ0v) is 16.7. The van der Waals surface area contributed by atoms with E-state index in [9.17, 15) is 14.7 Å². The Labute approximate surface area is 174 Å². The number of aliphatic hydroxyl groups excluding tert-OH is 1. The molecular weight excluding hydrogens is 380 g/mol. The normalized spacial score (nSPS) is 18.2. The number of aliphatic hydroxyl groups is 1. The van der Waals surface area contributed by atoms with Crippen LogP contribution >= 0.6 is 0 Å². The number of hydrogen-bond donors (Lipinski definition) is 1. The molecule has 1 atom stereocenters. The highest BCUT2D eigenvalue weighted by Crippen LogP contribution is 2.38. The van der Waals surface area contributed by atoms with Crippen LogP contribution in [0.3, 0.4) is 0 Å². The Kier molecular flexibility index (Phi) is 5.43. The Morgan fingerprint density at radius 2 is 1.97 bits per heavy atom. The molecule has 3 aromatic rings. The van der Waals surface area contributed by atoms with E-state index in [1.54, 1.807) is 42.0 Å². The van der Waals surface area contributed by atoms with Gasteiger partial charge in [0.15, 0.2) is 12.4 Å². The van der Waals surface area contributed by atoms with Crippen molar-refractivity contribution in [2.24, 2.45) is 0 Å². The van der Waals surface area contributed by atoms with Gasteiger partial charge in [-0.2, -0.15) is 0 Å². The zero-order valence-electron chi connectivity index (χ0n) is 16.7. The fourth-order valence-corrected chi connectivity index (χ4v) is 3.74. The van der Waals surface area contributed by atoms with E-state index >= 15 is 0 Å². The van der Waals surface area contributed by atoms with Gasteiger partial charge in [-0.3, -0.25) is 9.59 Å². The lowest BCUT2D eigenvalue weighted by atomic mass is 9.96. The Hall–Kier alpha value is -3.74. The van der Waals surface area contributed by atoms with Crippen molar-refractivity contribution < 1.29 is 19.7 Å². The van der Waals surface area contributed by atoms with Crippen LogP contribution in [0.2, 0.25) is 0 Å². The third kappa shape index (κ3) is 3.74. The first kappa shape index (κ1) is 19.6. The molecule has 1 fully saturated rings. The maximum atomic E-state index is 12.9. The first-order chi connectivity index (χ1) is 14.6. The monoisotopic (exact) mass is 403 g/mol. The number of aromatic amines is 1. The van der Waals surface area contributed by atoms with Crippen molar-refractivity contribution in [3.63, 3.8) is 0 Å². The van der Waals surface area contributed by atoms with E-state index in [-0.39, 0.29) is 11.3 Å². The van der Waals surface area contributed by atoms with Crippen molar-refractivity contribution >= 4 is 17.4 Å². The molecule has 3 heterocycles. The number of carbonyl (C=O) groups is 2. The summed E-state index contributed by atoms with van der Waals surface area (Å²) in [6.45, 7) is 3.00. The predicted molar refractivity (Wildman–Crippen MR) is 110 cm³/mol. The van der Waals surface area contributed by atoms with Crippen molar-refractivity contribution in [1.82, 2.24) is 14.5 Å². The SMILES string of the molecule is Cc1ccc(C(O)=C2C(=O)C(=O)N(CCCn3ccnc3)C2c2ccc[nH+]c2)cc1.